The SMILES string of the molecule is CC(=O)NCCCCCC(=O)NCCNC1CCCCCC1. The third-order valence-corrected chi connectivity index (χ3v) is 4.19. The van der Waals surface area contributed by atoms with Crippen LogP contribution in [-0.4, -0.2) is 37.5 Å². The zero-order valence-electron chi connectivity index (χ0n) is 14.1. The van der Waals surface area contributed by atoms with Crippen molar-refractivity contribution in [3.05, 3.63) is 0 Å². The summed E-state index contributed by atoms with van der Waals surface area (Å²) < 4.78 is 0. The highest BCUT2D eigenvalue weighted by molar-refractivity contribution is 5.75. The number of amides is 2. The summed E-state index contributed by atoms with van der Waals surface area (Å²) in [5, 5.41) is 9.30. The molecule has 1 saturated carbocycles. The first kappa shape index (κ1) is 18.9. The Balaban J connectivity index is 1.89. The van der Waals surface area contributed by atoms with Crippen LogP contribution in [0.2, 0.25) is 0 Å². The third kappa shape index (κ3) is 10.6. The number of carbonyl (C=O) groups excluding carboxylic acids is 2. The average Bonchev–Trinajstić information content (AvgIpc) is 2.75. The molecule has 0 unspecified atom stereocenters. The smallest absolute Gasteiger partial charge is 0.220 e. The van der Waals surface area contributed by atoms with Gasteiger partial charge in [0.05, 0.1) is 0 Å². The summed E-state index contributed by atoms with van der Waals surface area (Å²) >= 11 is 0. The molecule has 0 aromatic carbocycles. The van der Waals surface area contributed by atoms with Crippen molar-refractivity contribution in [3.8, 4) is 0 Å². The van der Waals surface area contributed by atoms with Crippen LogP contribution in [0.1, 0.15) is 71.1 Å². The van der Waals surface area contributed by atoms with Gasteiger partial charge < -0.3 is 16.0 Å². The van der Waals surface area contributed by atoms with Gasteiger partial charge in [0.2, 0.25) is 11.8 Å². The molecule has 5 nitrogen and oxygen atoms in total. The van der Waals surface area contributed by atoms with E-state index < -0.39 is 0 Å². The van der Waals surface area contributed by atoms with Crippen LogP contribution in [0.3, 0.4) is 0 Å². The first-order chi connectivity index (χ1) is 10.7. The van der Waals surface area contributed by atoms with Gasteiger partial charge in [-0.05, 0) is 25.7 Å². The Morgan fingerprint density at radius 3 is 2.27 bits per heavy atom. The maximum Gasteiger partial charge on any atom is 0.220 e. The molecule has 0 heterocycles. The molecule has 1 rings (SSSR count). The first-order valence-electron chi connectivity index (χ1n) is 8.93. The Hall–Kier alpha value is -1.10. The second kappa shape index (κ2) is 12.4. The molecule has 0 atom stereocenters. The lowest BCUT2D eigenvalue weighted by molar-refractivity contribution is -0.121. The maximum atomic E-state index is 11.7. The summed E-state index contributed by atoms with van der Waals surface area (Å²) in [6.07, 6.45) is 11.4. The van der Waals surface area contributed by atoms with Gasteiger partial charge in [0, 0.05) is 39.0 Å². The average molecular weight is 311 g/mol. The van der Waals surface area contributed by atoms with Crippen LogP contribution in [0, 0.1) is 0 Å². The lowest BCUT2D eigenvalue weighted by Gasteiger charge is -2.16. The van der Waals surface area contributed by atoms with E-state index in [9.17, 15) is 9.59 Å². The molecule has 0 bridgehead atoms. The normalized spacial score (nSPS) is 16.0. The number of carbonyl (C=O) groups is 2. The second-order valence-electron chi connectivity index (χ2n) is 6.29. The zero-order valence-corrected chi connectivity index (χ0v) is 14.1. The van der Waals surface area contributed by atoms with Crippen LogP contribution < -0.4 is 16.0 Å². The number of rotatable bonds is 10. The van der Waals surface area contributed by atoms with Crippen molar-refractivity contribution in [2.24, 2.45) is 0 Å². The highest BCUT2D eigenvalue weighted by atomic mass is 16.2. The van der Waals surface area contributed by atoms with Crippen LogP contribution in [-0.2, 0) is 9.59 Å². The van der Waals surface area contributed by atoms with E-state index in [-0.39, 0.29) is 11.8 Å². The monoisotopic (exact) mass is 311 g/mol. The molecule has 22 heavy (non-hydrogen) atoms. The zero-order chi connectivity index (χ0) is 16.0. The van der Waals surface area contributed by atoms with Crippen LogP contribution >= 0.6 is 0 Å². The number of hydrogen-bond donors (Lipinski definition) is 3. The fraction of sp³-hybridized carbons (Fsp3) is 0.882. The van der Waals surface area contributed by atoms with Crippen molar-refractivity contribution in [2.45, 2.75) is 77.2 Å². The lowest BCUT2D eigenvalue weighted by Crippen LogP contribution is -2.36. The summed E-state index contributed by atoms with van der Waals surface area (Å²) in [7, 11) is 0. The van der Waals surface area contributed by atoms with Gasteiger partial charge in [-0.15, -0.1) is 0 Å². The minimum absolute atomic E-state index is 0.0129. The van der Waals surface area contributed by atoms with E-state index in [1.165, 1.54) is 45.4 Å². The Kier molecular flexibility index (Phi) is 10.7. The van der Waals surface area contributed by atoms with Crippen molar-refractivity contribution in [3.63, 3.8) is 0 Å². The summed E-state index contributed by atoms with van der Waals surface area (Å²) in [4.78, 5) is 22.4. The first-order valence-corrected chi connectivity index (χ1v) is 8.93. The Labute approximate surface area is 135 Å². The van der Waals surface area contributed by atoms with Crippen LogP contribution in [0.4, 0.5) is 0 Å². The summed E-state index contributed by atoms with van der Waals surface area (Å²) in [5.74, 6) is 0.154. The van der Waals surface area contributed by atoms with Crippen molar-refractivity contribution in [1.29, 1.82) is 0 Å². The van der Waals surface area contributed by atoms with Gasteiger partial charge in [0.25, 0.3) is 0 Å². The fourth-order valence-electron chi connectivity index (χ4n) is 2.90. The molecule has 3 N–H and O–H groups in total. The number of nitrogens with one attached hydrogen (secondary N) is 3. The predicted molar refractivity (Wildman–Crippen MR) is 89.7 cm³/mol. The van der Waals surface area contributed by atoms with Gasteiger partial charge in [0.15, 0.2) is 0 Å². The van der Waals surface area contributed by atoms with E-state index in [0.29, 0.717) is 19.0 Å². The van der Waals surface area contributed by atoms with Crippen molar-refractivity contribution >= 4 is 11.8 Å². The van der Waals surface area contributed by atoms with Gasteiger partial charge >= 0.3 is 0 Å². The molecule has 5 heteroatoms. The molecule has 1 fully saturated rings. The molecule has 2 amide bonds. The molecule has 0 aromatic rings. The lowest BCUT2D eigenvalue weighted by atomic mass is 10.1. The quantitative estimate of drug-likeness (QED) is 0.427. The molecule has 0 spiro atoms. The molecule has 1 aliphatic rings. The number of unbranched alkanes of at least 4 members (excludes halogenated alkanes) is 2. The summed E-state index contributed by atoms with van der Waals surface area (Å²) in [5.41, 5.74) is 0. The fourth-order valence-corrected chi connectivity index (χ4v) is 2.90. The van der Waals surface area contributed by atoms with Crippen LogP contribution in [0.5, 0.6) is 0 Å². The number of hydrogen-bond acceptors (Lipinski definition) is 3. The molecule has 0 radical (unpaired) electrons. The minimum atomic E-state index is 0.0129. The molecule has 128 valence electrons. The summed E-state index contributed by atoms with van der Waals surface area (Å²) in [6, 6.07) is 0.646. The van der Waals surface area contributed by atoms with E-state index in [0.717, 1.165) is 32.4 Å². The Bertz CT molecular complexity index is 313. The van der Waals surface area contributed by atoms with E-state index in [1.807, 2.05) is 0 Å². The topological polar surface area (TPSA) is 70.2 Å². The highest BCUT2D eigenvalue weighted by Gasteiger charge is 2.10. The van der Waals surface area contributed by atoms with Gasteiger partial charge in [0.1, 0.15) is 0 Å². The molecule has 1 aliphatic carbocycles. The molecular formula is C17H33N3O2. The van der Waals surface area contributed by atoms with Crippen molar-refractivity contribution < 1.29 is 9.59 Å². The maximum absolute atomic E-state index is 11.7. The molecule has 0 aromatic heterocycles. The van der Waals surface area contributed by atoms with E-state index in [2.05, 4.69) is 16.0 Å². The summed E-state index contributed by atoms with van der Waals surface area (Å²) in [6.45, 7) is 3.83. The molecule has 0 aliphatic heterocycles. The van der Waals surface area contributed by atoms with Gasteiger partial charge in [-0.25, -0.2) is 0 Å². The van der Waals surface area contributed by atoms with Gasteiger partial charge in [-0.1, -0.05) is 32.1 Å². The van der Waals surface area contributed by atoms with Gasteiger partial charge in [-0.3, -0.25) is 9.59 Å². The molecular weight excluding hydrogens is 278 g/mol. The van der Waals surface area contributed by atoms with E-state index in [4.69, 9.17) is 0 Å². The Morgan fingerprint density at radius 1 is 0.864 bits per heavy atom. The van der Waals surface area contributed by atoms with E-state index >= 15 is 0 Å². The van der Waals surface area contributed by atoms with Crippen LogP contribution in [0.15, 0.2) is 0 Å². The third-order valence-electron chi connectivity index (χ3n) is 4.19. The molecule has 0 saturated heterocycles. The predicted octanol–water partition coefficient (Wildman–Crippen LogP) is 2.11. The second-order valence-corrected chi connectivity index (χ2v) is 6.29. The van der Waals surface area contributed by atoms with Crippen LogP contribution in [0.25, 0.3) is 0 Å². The van der Waals surface area contributed by atoms with Gasteiger partial charge in [-0.2, -0.15) is 0 Å². The standard InChI is InChI=1S/C17H33N3O2/c1-15(21)18-12-8-4-7-11-17(22)20-14-13-19-16-9-5-2-3-6-10-16/h16,19H,2-14H2,1H3,(H,18,21)(H,20,22). The van der Waals surface area contributed by atoms with Crippen molar-refractivity contribution in [2.75, 3.05) is 19.6 Å². The van der Waals surface area contributed by atoms with E-state index in [1.54, 1.807) is 0 Å². The highest BCUT2D eigenvalue weighted by Crippen LogP contribution is 2.16. The minimum Gasteiger partial charge on any atom is -0.356 e. The largest absolute Gasteiger partial charge is 0.356 e. The Morgan fingerprint density at radius 2 is 1.59 bits per heavy atom. The van der Waals surface area contributed by atoms with Crippen molar-refractivity contribution in [1.82, 2.24) is 16.0 Å².